The van der Waals surface area contributed by atoms with Crippen LogP contribution >= 0.6 is 23.1 Å². The number of rotatable bonds is 6. The molecule has 1 heterocycles. The second-order valence-electron chi connectivity index (χ2n) is 8.92. The molecule has 0 amide bonds. The van der Waals surface area contributed by atoms with Crippen LogP contribution in [0.5, 0.6) is 0 Å². The SMILES string of the molecule is COC(=O)c1ccc(-c2cc(C(=O)C(C)(C)C)c(SCC(=O)C(C)(C)C)s2)cc1. The molecular formula is C23H28O4S2. The number of hydrogen-bond acceptors (Lipinski definition) is 6. The van der Waals surface area contributed by atoms with Crippen LogP contribution in [0, 0.1) is 10.8 Å². The number of thioether (sulfide) groups is 1. The Balaban J connectivity index is 2.39. The number of carbonyl (C=O) groups excluding carboxylic acids is 3. The number of ketones is 2. The molecule has 1 aromatic heterocycles. The van der Waals surface area contributed by atoms with Gasteiger partial charge in [-0.1, -0.05) is 53.7 Å². The van der Waals surface area contributed by atoms with Crippen molar-refractivity contribution in [3.8, 4) is 10.4 Å². The summed E-state index contributed by atoms with van der Waals surface area (Å²) in [5.41, 5.74) is 1.12. The lowest BCUT2D eigenvalue weighted by molar-refractivity contribution is -0.123. The molecule has 0 fully saturated rings. The zero-order valence-electron chi connectivity index (χ0n) is 18.0. The Kier molecular flexibility index (Phi) is 7.12. The van der Waals surface area contributed by atoms with E-state index in [4.69, 9.17) is 4.74 Å². The van der Waals surface area contributed by atoms with E-state index < -0.39 is 10.8 Å². The van der Waals surface area contributed by atoms with Crippen molar-refractivity contribution in [3.05, 3.63) is 41.5 Å². The highest BCUT2D eigenvalue weighted by atomic mass is 32.2. The third-order valence-electron chi connectivity index (χ3n) is 4.39. The summed E-state index contributed by atoms with van der Waals surface area (Å²) in [6, 6.07) is 9.01. The smallest absolute Gasteiger partial charge is 0.337 e. The van der Waals surface area contributed by atoms with E-state index in [9.17, 15) is 14.4 Å². The molecule has 0 aliphatic carbocycles. The van der Waals surface area contributed by atoms with E-state index in [1.54, 1.807) is 12.1 Å². The fraction of sp³-hybridized carbons (Fsp3) is 0.435. The van der Waals surface area contributed by atoms with Crippen LogP contribution in [0.2, 0.25) is 0 Å². The van der Waals surface area contributed by atoms with Crippen molar-refractivity contribution < 1.29 is 19.1 Å². The van der Waals surface area contributed by atoms with Gasteiger partial charge in [0.2, 0.25) is 0 Å². The lowest BCUT2D eigenvalue weighted by atomic mass is 9.87. The molecule has 156 valence electrons. The molecule has 1 aromatic carbocycles. The molecule has 6 heteroatoms. The summed E-state index contributed by atoms with van der Waals surface area (Å²) in [5.74, 6) is 0.143. The van der Waals surface area contributed by atoms with Crippen molar-refractivity contribution in [3.63, 3.8) is 0 Å². The number of methoxy groups -OCH3 is 1. The van der Waals surface area contributed by atoms with Crippen LogP contribution in [0.1, 0.15) is 62.3 Å². The molecule has 0 unspecified atom stereocenters. The Bertz CT molecular complexity index is 910. The molecule has 0 saturated carbocycles. The van der Waals surface area contributed by atoms with Crippen molar-refractivity contribution in [1.82, 2.24) is 0 Å². The maximum atomic E-state index is 13.0. The summed E-state index contributed by atoms with van der Waals surface area (Å²) in [7, 11) is 1.35. The molecule has 4 nitrogen and oxygen atoms in total. The van der Waals surface area contributed by atoms with E-state index in [1.165, 1.54) is 30.2 Å². The van der Waals surface area contributed by atoms with Crippen molar-refractivity contribution in [2.24, 2.45) is 10.8 Å². The van der Waals surface area contributed by atoms with E-state index in [2.05, 4.69) is 0 Å². The molecule has 2 aromatic rings. The second kappa shape index (κ2) is 8.84. The minimum absolute atomic E-state index is 0.0527. The zero-order chi connectivity index (χ0) is 22.0. The summed E-state index contributed by atoms with van der Waals surface area (Å²) < 4.78 is 5.60. The highest BCUT2D eigenvalue weighted by Gasteiger charge is 2.29. The van der Waals surface area contributed by atoms with E-state index in [1.807, 2.05) is 59.7 Å². The van der Waals surface area contributed by atoms with Gasteiger partial charge in [0.05, 0.1) is 22.6 Å². The number of ether oxygens (including phenoxy) is 1. The monoisotopic (exact) mass is 432 g/mol. The Morgan fingerprint density at radius 2 is 1.55 bits per heavy atom. The lowest BCUT2D eigenvalue weighted by Crippen LogP contribution is -2.22. The molecule has 29 heavy (non-hydrogen) atoms. The quantitative estimate of drug-likeness (QED) is 0.312. The first kappa shape index (κ1) is 23.4. The third-order valence-corrected chi connectivity index (χ3v) is 6.86. The maximum Gasteiger partial charge on any atom is 0.337 e. The van der Waals surface area contributed by atoms with E-state index >= 15 is 0 Å². The van der Waals surface area contributed by atoms with Gasteiger partial charge in [-0.3, -0.25) is 9.59 Å². The van der Waals surface area contributed by atoms with Gasteiger partial charge in [-0.25, -0.2) is 4.79 Å². The molecule has 0 N–H and O–H groups in total. The summed E-state index contributed by atoms with van der Waals surface area (Å²) >= 11 is 2.93. The van der Waals surface area contributed by atoms with Crippen LogP contribution < -0.4 is 0 Å². The molecule has 0 bridgehead atoms. The summed E-state index contributed by atoms with van der Waals surface area (Å²) in [6.45, 7) is 11.4. The third kappa shape index (κ3) is 5.80. The Labute approximate surface area is 181 Å². The van der Waals surface area contributed by atoms with Gasteiger partial charge in [0.15, 0.2) is 5.78 Å². The van der Waals surface area contributed by atoms with Gasteiger partial charge < -0.3 is 4.74 Å². The average molecular weight is 433 g/mol. The molecule has 0 radical (unpaired) electrons. The van der Waals surface area contributed by atoms with Crippen molar-refractivity contribution in [1.29, 1.82) is 0 Å². The molecule has 0 aliphatic rings. The van der Waals surface area contributed by atoms with Gasteiger partial charge in [0.25, 0.3) is 0 Å². The van der Waals surface area contributed by atoms with E-state index in [0.717, 1.165) is 14.6 Å². The van der Waals surface area contributed by atoms with Gasteiger partial charge in [0, 0.05) is 21.3 Å². The first-order valence-electron chi connectivity index (χ1n) is 9.38. The number of Topliss-reactive ketones (excluding diaryl/α,β-unsaturated/α-hetero) is 2. The van der Waals surface area contributed by atoms with Crippen LogP contribution in [-0.2, 0) is 9.53 Å². The van der Waals surface area contributed by atoms with Gasteiger partial charge in [-0.15, -0.1) is 23.1 Å². The van der Waals surface area contributed by atoms with Crippen molar-refractivity contribution in [2.75, 3.05) is 12.9 Å². The highest BCUT2D eigenvalue weighted by Crippen LogP contribution is 2.41. The van der Waals surface area contributed by atoms with Crippen molar-refractivity contribution >= 4 is 40.6 Å². The number of benzene rings is 1. The predicted octanol–water partition coefficient (Wildman–Crippen LogP) is 6.14. The van der Waals surface area contributed by atoms with Crippen LogP contribution in [0.25, 0.3) is 10.4 Å². The zero-order valence-corrected chi connectivity index (χ0v) is 19.7. The van der Waals surface area contributed by atoms with E-state index in [-0.39, 0.29) is 17.5 Å². The van der Waals surface area contributed by atoms with Crippen LogP contribution in [-0.4, -0.2) is 30.4 Å². The predicted molar refractivity (Wildman–Crippen MR) is 120 cm³/mol. The van der Waals surface area contributed by atoms with Crippen LogP contribution in [0.3, 0.4) is 0 Å². The van der Waals surface area contributed by atoms with Gasteiger partial charge >= 0.3 is 5.97 Å². The molecule has 0 atom stereocenters. The van der Waals surface area contributed by atoms with Gasteiger partial charge in [0.1, 0.15) is 5.78 Å². The Morgan fingerprint density at radius 3 is 2.03 bits per heavy atom. The number of hydrogen-bond donors (Lipinski definition) is 0. The van der Waals surface area contributed by atoms with E-state index in [0.29, 0.717) is 16.9 Å². The average Bonchev–Trinajstić information content (AvgIpc) is 3.07. The largest absolute Gasteiger partial charge is 0.465 e. The molecule has 2 rings (SSSR count). The first-order chi connectivity index (χ1) is 13.3. The van der Waals surface area contributed by atoms with Crippen LogP contribution in [0.4, 0.5) is 0 Å². The Hall–Kier alpha value is -1.92. The maximum absolute atomic E-state index is 13.0. The number of thiophene rings is 1. The highest BCUT2D eigenvalue weighted by molar-refractivity contribution is 8.01. The molecule has 0 aliphatic heterocycles. The fourth-order valence-corrected chi connectivity index (χ4v) is 5.00. The first-order valence-corrected chi connectivity index (χ1v) is 11.2. The van der Waals surface area contributed by atoms with Gasteiger partial charge in [-0.05, 0) is 23.8 Å². The number of carbonyl (C=O) groups is 3. The number of esters is 1. The van der Waals surface area contributed by atoms with Crippen molar-refractivity contribution in [2.45, 2.75) is 45.8 Å². The molecular weight excluding hydrogens is 404 g/mol. The lowest BCUT2D eigenvalue weighted by Gasteiger charge is -2.18. The topological polar surface area (TPSA) is 60.4 Å². The minimum Gasteiger partial charge on any atom is -0.465 e. The summed E-state index contributed by atoms with van der Waals surface area (Å²) in [5, 5.41) is 0. The summed E-state index contributed by atoms with van der Waals surface area (Å²) in [6.07, 6.45) is 0. The molecule has 0 spiro atoms. The summed E-state index contributed by atoms with van der Waals surface area (Å²) in [4.78, 5) is 38.0. The van der Waals surface area contributed by atoms with Crippen LogP contribution in [0.15, 0.2) is 34.5 Å². The fourth-order valence-electron chi connectivity index (χ4n) is 2.42. The normalized spacial score (nSPS) is 12.0. The standard InChI is InChI=1S/C23H28O4S2/c1-22(2,3)18(24)13-28-21-16(19(25)23(4,5)6)12-17(29-21)14-8-10-15(11-9-14)20(26)27-7/h8-12H,13H2,1-7H3. The Morgan fingerprint density at radius 1 is 0.966 bits per heavy atom. The molecule has 0 saturated heterocycles. The van der Waals surface area contributed by atoms with Gasteiger partial charge in [-0.2, -0.15) is 0 Å². The second-order valence-corrected chi connectivity index (χ2v) is 11.2. The minimum atomic E-state index is -0.517.